The Morgan fingerprint density at radius 1 is 1.47 bits per heavy atom. The molecule has 1 heterocycles. The topological polar surface area (TPSA) is 27.1 Å². The van der Waals surface area contributed by atoms with Crippen LogP contribution < -0.4 is 0 Å². The van der Waals surface area contributed by atoms with Gasteiger partial charge in [-0.3, -0.25) is 0 Å². The first kappa shape index (κ1) is 12.4. The first-order valence-electron chi connectivity index (χ1n) is 6.33. The predicted octanol–water partition coefficient (Wildman–Crippen LogP) is 3.13. The van der Waals surface area contributed by atoms with Crippen molar-refractivity contribution in [3.63, 3.8) is 0 Å². The Labute approximate surface area is 104 Å². The zero-order valence-corrected chi connectivity index (χ0v) is 11.0. The standard InChI is InChI=1S/C14H22N2O/c1-14(2,17-3)11-16-10-9-15-13(16)12-7-5-4-6-8-12/h4-5,9-10,12H,6-8,11H2,1-3H3. The number of hydrogen-bond donors (Lipinski definition) is 0. The molecule has 94 valence electrons. The maximum absolute atomic E-state index is 5.49. The molecule has 0 spiro atoms. The third-order valence-corrected chi connectivity index (χ3v) is 3.49. The van der Waals surface area contributed by atoms with Crippen LogP contribution in [0, 0.1) is 0 Å². The molecule has 3 nitrogen and oxygen atoms in total. The fourth-order valence-corrected chi connectivity index (χ4v) is 2.32. The van der Waals surface area contributed by atoms with Crippen molar-refractivity contribution in [3.8, 4) is 0 Å². The number of hydrogen-bond acceptors (Lipinski definition) is 2. The van der Waals surface area contributed by atoms with Crippen LogP contribution in [0.15, 0.2) is 24.5 Å². The summed E-state index contributed by atoms with van der Waals surface area (Å²) < 4.78 is 7.73. The molecule has 1 aliphatic carbocycles. The third-order valence-electron chi connectivity index (χ3n) is 3.49. The van der Waals surface area contributed by atoms with Gasteiger partial charge in [0.1, 0.15) is 5.82 Å². The largest absolute Gasteiger partial charge is 0.377 e. The Balaban J connectivity index is 2.14. The molecule has 0 bridgehead atoms. The number of nitrogens with zero attached hydrogens (tertiary/aromatic N) is 2. The van der Waals surface area contributed by atoms with Crippen molar-refractivity contribution in [1.29, 1.82) is 0 Å². The molecule has 2 rings (SSSR count). The van der Waals surface area contributed by atoms with E-state index in [1.807, 2.05) is 6.20 Å². The summed E-state index contributed by atoms with van der Waals surface area (Å²) in [6, 6.07) is 0. The van der Waals surface area contributed by atoms with E-state index in [9.17, 15) is 0 Å². The summed E-state index contributed by atoms with van der Waals surface area (Å²) in [5, 5.41) is 0. The van der Waals surface area contributed by atoms with E-state index < -0.39 is 0 Å². The lowest BCUT2D eigenvalue weighted by Gasteiger charge is -2.26. The third kappa shape index (κ3) is 2.97. The highest BCUT2D eigenvalue weighted by molar-refractivity contribution is 5.07. The monoisotopic (exact) mass is 234 g/mol. The lowest BCUT2D eigenvalue weighted by atomic mass is 9.93. The summed E-state index contributed by atoms with van der Waals surface area (Å²) in [4.78, 5) is 4.53. The van der Waals surface area contributed by atoms with Crippen molar-refractivity contribution in [2.75, 3.05) is 7.11 Å². The van der Waals surface area contributed by atoms with Gasteiger partial charge in [0, 0.05) is 25.4 Å². The number of rotatable bonds is 4. The summed E-state index contributed by atoms with van der Waals surface area (Å²) >= 11 is 0. The van der Waals surface area contributed by atoms with Crippen LogP contribution in [0.3, 0.4) is 0 Å². The first-order valence-corrected chi connectivity index (χ1v) is 6.33. The van der Waals surface area contributed by atoms with Gasteiger partial charge in [-0.25, -0.2) is 4.98 Å². The molecule has 0 fully saturated rings. The van der Waals surface area contributed by atoms with Crippen molar-refractivity contribution >= 4 is 0 Å². The van der Waals surface area contributed by atoms with E-state index in [1.165, 1.54) is 18.7 Å². The van der Waals surface area contributed by atoms with Crippen LogP contribution in [-0.4, -0.2) is 22.3 Å². The van der Waals surface area contributed by atoms with Crippen LogP contribution in [0.2, 0.25) is 0 Å². The molecular weight excluding hydrogens is 212 g/mol. The summed E-state index contributed by atoms with van der Waals surface area (Å²) in [6.07, 6.45) is 12.0. The second-order valence-electron chi connectivity index (χ2n) is 5.36. The van der Waals surface area contributed by atoms with Gasteiger partial charge in [-0.1, -0.05) is 12.2 Å². The Kier molecular flexibility index (Phi) is 3.67. The highest BCUT2D eigenvalue weighted by Gasteiger charge is 2.22. The molecule has 1 atom stereocenters. The van der Waals surface area contributed by atoms with Crippen LogP contribution in [-0.2, 0) is 11.3 Å². The van der Waals surface area contributed by atoms with E-state index in [1.54, 1.807) is 7.11 Å². The minimum absolute atomic E-state index is 0.139. The maximum Gasteiger partial charge on any atom is 0.112 e. The van der Waals surface area contributed by atoms with Gasteiger partial charge in [-0.15, -0.1) is 0 Å². The number of methoxy groups -OCH3 is 1. The normalized spacial score (nSPS) is 20.8. The van der Waals surface area contributed by atoms with Crippen LogP contribution in [0.5, 0.6) is 0 Å². The van der Waals surface area contributed by atoms with E-state index >= 15 is 0 Å². The van der Waals surface area contributed by atoms with Gasteiger partial charge >= 0.3 is 0 Å². The van der Waals surface area contributed by atoms with Gasteiger partial charge in [0.25, 0.3) is 0 Å². The number of imidazole rings is 1. The Bertz CT molecular complexity index is 393. The van der Waals surface area contributed by atoms with Crippen LogP contribution >= 0.6 is 0 Å². The summed E-state index contributed by atoms with van der Waals surface area (Å²) in [6.45, 7) is 5.08. The smallest absolute Gasteiger partial charge is 0.112 e. The molecule has 0 aliphatic heterocycles. The van der Waals surface area contributed by atoms with Crippen molar-refractivity contribution in [1.82, 2.24) is 9.55 Å². The Morgan fingerprint density at radius 2 is 2.29 bits per heavy atom. The van der Waals surface area contributed by atoms with Gasteiger partial charge in [-0.2, -0.15) is 0 Å². The molecule has 0 N–H and O–H groups in total. The second kappa shape index (κ2) is 5.05. The number of allylic oxidation sites excluding steroid dienone is 2. The lowest BCUT2D eigenvalue weighted by Crippen LogP contribution is -2.30. The van der Waals surface area contributed by atoms with Crippen molar-refractivity contribution < 1.29 is 4.74 Å². The van der Waals surface area contributed by atoms with Crippen molar-refractivity contribution in [2.45, 2.75) is 51.2 Å². The van der Waals surface area contributed by atoms with Crippen LogP contribution in [0.4, 0.5) is 0 Å². The second-order valence-corrected chi connectivity index (χ2v) is 5.36. The predicted molar refractivity (Wildman–Crippen MR) is 69.0 cm³/mol. The quantitative estimate of drug-likeness (QED) is 0.748. The van der Waals surface area contributed by atoms with Gasteiger partial charge in [0.05, 0.1) is 12.1 Å². The molecule has 1 aliphatic rings. The summed E-state index contributed by atoms with van der Waals surface area (Å²) in [5.41, 5.74) is -0.139. The maximum atomic E-state index is 5.49. The van der Waals surface area contributed by atoms with Crippen molar-refractivity contribution in [2.24, 2.45) is 0 Å². The van der Waals surface area contributed by atoms with E-state index in [-0.39, 0.29) is 5.60 Å². The molecule has 3 heteroatoms. The first-order chi connectivity index (χ1) is 8.12. The summed E-state index contributed by atoms with van der Waals surface area (Å²) in [7, 11) is 1.76. The highest BCUT2D eigenvalue weighted by atomic mass is 16.5. The zero-order chi connectivity index (χ0) is 12.3. The van der Waals surface area contributed by atoms with Crippen molar-refractivity contribution in [3.05, 3.63) is 30.4 Å². The van der Waals surface area contributed by atoms with Crippen LogP contribution in [0.25, 0.3) is 0 Å². The highest BCUT2D eigenvalue weighted by Crippen LogP contribution is 2.28. The average molecular weight is 234 g/mol. The minimum atomic E-state index is -0.139. The molecule has 17 heavy (non-hydrogen) atoms. The zero-order valence-electron chi connectivity index (χ0n) is 11.0. The summed E-state index contributed by atoms with van der Waals surface area (Å²) in [5.74, 6) is 1.78. The molecule has 1 aromatic rings. The van der Waals surface area contributed by atoms with Gasteiger partial charge in [0.2, 0.25) is 0 Å². The van der Waals surface area contributed by atoms with Gasteiger partial charge in [-0.05, 0) is 33.1 Å². The molecule has 0 saturated heterocycles. The SMILES string of the molecule is COC(C)(C)Cn1ccnc1C1CC=CCC1. The molecule has 0 aromatic carbocycles. The number of aromatic nitrogens is 2. The number of ether oxygens (including phenoxy) is 1. The van der Waals surface area contributed by atoms with E-state index in [4.69, 9.17) is 4.74 Å². The fraction of sp³-hybridized carbons (Fsp3) is 0.643. The van der Waals surface area contributed by atoms with E-state index in [0.29, 0.717) is 5.92 Å². The van der Waals surface area contributed by atoms with Crippen LogP contribution in [0.1, 0.15) is 44.9 Å². The van der Waals surface area contributed by atoms with E-state index in [0.717, 1.165) is 13.0 Å². The molecule has 1 unspecified atom stereocenters. The molecule has 0 amide bonds. The minimum Gasteiger partial charge on any atom is -0.377 e. The Morgan fingerprint density at radius 3 is 2.94 bits per heavy atom. The van der Waals surface area contributed by atoms with Gasteiger partial charge in [0.15, 0.2) is 0 Å². The fourth-order valence-electron chi connectivity index (χ4n) is 2.32. The van der Waals surface area contributed by atoms with E-state index in [2.05, 4.69) is 41.7 Å². The Hall–Kier alpha value is -1.09. The molecule has 0 saturated carbocycles. The van der Waals surface area contributed by atoms with Gasteiger partial charge < -0.3 is 9.30 Å². The average Bonchev–Trinajstić information content (AvgIpc) is 2.77. The molecule has 0 radical (unpaired) electrons. The molecular formula is C14H22N2O. The lowest BCUT2D eigenvalue weighted by molar-refractivity contribution is 0.00728. The molecule has 1 aromatic heterocycles.